The molecule has 1 aromatic rings. The second kappa shape index (κ2) is 12.0. The maximum atomic E-state index is 10.7. The SMILES string of the molecule is CCNC(=NCC(C)(O)CN1CCOCC1)NCCOc1ccc(C(C)C)cc1. The van der Waals surface area contributed by atoms with Gasteiger partial charge in [0.2, 0.25) is 0 Å². The van der Waals surface area contributed by atoms with Crippen molar-refractivity contribution in [3.63, 3.8) is 0 Å². The molecule has 7 heteroatoms. The zero-order valence-electron chi connectivity index (χ0n) is 18.4. The van der Waals surface area contributed by atoms with Gasteiger partial charge in [0.25, 0.3) is 0 Å². The summed E-state index contributed by atoms with van der Waals surface area (Å²) in [6.45, 7) is 14.2. The Bertz CT molecular complexity index is 611. The van der Waals surface area contributed by atoms with Gasteiger partial charge in [-0.3, -0.25) is 9.89 Å². The van der Waals surface area contributed by atoms with Crippen LogP contribution in [0.1, 0.15) is 39.2 Å². The lowest BCUT2D eigenvalue weighted by Crippen LogP contribution is -2.48. The summed E-state index contributed by atoms with van der Waals surface area (Å²) < 4.78 is 11.2. The number of morpholine rings is 1. The van der Waals surface area contributed by atoms with Crippen molar-refractivity contribution < 1.29 is 14.6 Å². The Labute approximate surface area is 175 Å². The molecule has 1 aliphatic heterocycles. The Morgan fingerprint density at radius 1 is 1.24 bits per heavy atom. The van der Waals surface area contributed by atoms with Gasteiger partial charge in [-0.2, -0.15) is 0 Å². The second-order valence-electron chi connectivity index (χ2n) is 8.08. The van der Waals surface area contributed by atoms with Gasteiger partial charge in [0.1, 0.15) is 12.4 Å². The third-order valence-corrected chi connectivity index (χ3v) is 4.80. The van der Waals surface area contributed by atoms with Gasteiger partial charge in [-0.1, -0.05) is 26.0 Å². The van der Waals surface area contributed by atoms with Gasteiger partial charge >= 0.3 is 0 Å². The molecular weight excluding hydrogens is 368 g/mol. The molecule has 1 heterocycles. The van der Waals surface area contributed by atoms with Crippen molar-refractivity contribution >= 4 is 5.96 Å². The average Bonchev–Trinajstić information content (AvgIpc) is 2.70. The molecule has 7 nitrogen and oxygen atoms in total. The van der Waals surface area contributed by atoms with Crippen LogP contribution in [0.15, 0.2) is 29.3 Å². The minimum absolute atomic E-state index is 0.331. The van der Waals surface area contributed by atoms with Crippen molar-refractivity contribution in [1.82, 2.24) is 15.5 Å². The highest BCUT2D eigenvalue weighted by Crippen LogP contribution is 2.18. The lowest BCUT2D eigenvalue weighted by atomic mass is 10.0. The first-order chi connectivity index (χ1) is 13.9. The van der Waals surface area contributed by atoms with Crippen molar-refractivity contribution in [1.29, 1.82) is 0 Å². The Hall–Kier alpha value is -1.83. The molecule has 1 unspecified atom stereocenters. The molecule has 29 heavy (non-hydrogen) atoms. The van der Waals surface area contributed by atoms with Crippen LogP contribution in [-0.4, -0.2) is 80.7 Å². The molecule has 1 aromatic carbocycles. The average molecular weight is 407 g/mol. The second-order valence-corrected chi connectivity index (χ2v) is 8.08. The normalized spacial score (nSPS) is 17.8. The fraction of sp³-hybridized carbons (Fsp3) is 0.682. The molecular formula is C22H38N4O3. The van der Waals surface area contributed by atoms with Gasteiger partial charge in [-0.25, -0.2) is 0 Å². The molecule has 1 atom stereocenters. The Kier molecular flexibility index (Phi) is 9.70. The van der Waals surface area contributed by atoms with Crippen molar-refractivity contribution in [2.24, 2.45) is 4.99 Å². The van der Waals surface area contributed by atoms with Gasteiger partial charge in [-0.15, -0.1) is 0 Å². The molecule has 0 radical (unpaired) electrons. The minimum atomic E-state index is -0.881. The number of rotatable bonds is 10. The van der Waals surface area contributed by atoms with E-state index >= 15 is 0 Å². The highest BCUT2D eigenvalue weighted by atomic mass is 16.5. The van der Waals surface area contributed by atoms with Crippen molar-refractivity contribution in [2.45, 2.75) is 39.2 Å². The predicted molar refractivity (Wildman–Crippen MR) is 118 cm³/mol. The van der Waals surface area contributed by atoms with Crippen LogP contribution in [0.3, 0.4) is 0 Å². The molecule has 1 aliphatic rings. The van der Waals surface area contributed by atoms with Gasteiger partial charge < -0.3 is 25.2 Å². The van der Waals surface area contributed by atoms with E-state index in [1.54, 1.807) is 0 Å². The predicted octanol–water partition coefficient (Wildman–Crippen LogP) is 1.83. The number of guanidine groups is 1. The molecule has 1 fully saturated rings. The van der Waals surface area contributed by atoms with Crippen LogP contribution in [0.4, 0.5) is 0 Å². The molecule has 0 amide bonds. The van der Waals surface area contributed by atoms with Crippen molar-refractivity contribution in [3.8, 4) is 5.75 Å². The lowest BCUT2D eigenvalue weighted by molar-refractivity contribution is -0.0179. The van der Waals surface area contributed by atoms with E-state index in [9.17, 15) is 5.11 Å². The molecule has 0 bridgehead atoms. The van der Waals surface area contributed by atoms with Crippen LogP contribution < -0.4 is 15.4 Å². The summed E-state index contributed by atoms with van der Waals surface area (Å²) in [4.78, 5) is 6.78. The maximum absolute atomic E-state index is 10.7. The number of nitrogens with zero attached hydrogens (tertiary/aromatic N) is 2. The molecule has 0 saturated carbocycles. The largest absolute Gasteiger partial charge is 0.492 e. The summed E-state index contributed by atoms with van der Waals surface area (Å²) in [6.07, 6.45) is 0. The van der Waals surface area contributed by atoms with Gasteiger partial charge in [0, 0.05) is 26.2 Å². The number of hydrogen-bond acceptors (Lipinski definition) is 5. The van der Waals surface area contributed by atoms with Gasteiger partial charge in [0.05, 0.1) is 31.9 Å². The topological polar surface area (TPSA) is 78.4 Å². The molecule has 0 aromatic heterocycles. The van der Waals surface area contributed by atoms with Crippen LogP contribution in [0, 0.1) is 0 Å². The molecule has 0 aliphatic carbocycles. The maximum Gasteiger partial charge on any atom is 0.191 e. The monoisotopic (exact) mass is 406 g/mol. The third-order valence-electron chi connectivity index (χ3n) is 4.80. The highest BCUT2D eigenvalue weighted by Gasteiger charge is 2.25. The molecule has 1 saturated heterocycles. The number of hydrogen-bond donors (Lipinski definition) is 3. The van der Waals surface area contributed by atoms with Crippen LogP contribution in [-0.2, 0) is 4.74 Å². The van der Waals surface area contributed by atoms with Crippen LogP contribution in [0.5, 0.6) is 5.75 Å². The van der Waals surface area contributed by atoms with E-state index in [-0.39, 0.29) is 0 Å². The number of benzene rings is 1. The summed E-state index contributed by atoms with van der Waals surface area (Å²) in [6, 6.07) is 8.24. The number of ether oxygens (including phenoxy) is 2. The lowest BCUT2D eigenvalue weighted by Gasteiger charge is -2.33. The molecule has 2 rings (SSSR count). The van der Waals surface area contributed by atoms with Crippen molar-refractivity contribution in [2.75, 3.05) is 59.1 Å². The van der Waals surface area contributed by atoms with E-state index in [0.717, 1.165) is 38.6 Å². The summed E-state index contributed by atoms with van der Waals surface area (Å²) in [5.74, 6) is 2.07. The fourth-order valence-corrected chi connectivity index (χ4v) is 3.17. The number of aliphatic hydroxyl groups is 1. The van der Waals surface area contributed by atoms with E-state index in [1.807, 2.05) is 26.0 Å². The van der Waals surface area contributed by atoms with E-state index < -0.39 is 5.60 Å². The van der Waals surface area contributed by atoms with Gasteiger partial charge in [-0.05, 0) is 37.5 Å². The van der Waals surface area contributed by atoms with E-state index in [2.05, 4.69) is 46.5 Å². The zero-order valence-corrected chi connectivity index (χ0v) is 18.4. The fourth-order valence-electron chi connectivity index (χ4n) is 3.17. The number of β-amino-alcohol motifs (C(OH)–C–C–N with tert-alkyl or cyclic N) is 1. The molecule has 164 valence electrons. The summed E-state index contributed by atoms with van der Waals surface area (Å²) in [5, 5.41) is 17.2. The quantitative estimate of drug-likeness (QED) is 0.313. The third kappa shape index (κ3) is 9.02. The first-order valence-electron chi connectivity index (χ1n) is 10.7. The summed E-state index contributed by atoms with van der Waals surface area (Å²) in [7, 11) is 0. The van der Waals surface area contributed by atoms with Crippen LogP contribution in [0.2, 0.25) is 0 Å². The van der Waals surface area contributed by atoms with E-state index in [4.69, 9.17) is 9.47 Å². The minimum Gasteiger partial charge on any atom is -0.492 e. The Morgan fingerprint density at radius 2 is 1.93 bits per heavy atom. The Balaban J connectivity index is 1.76. The number of aliphatic imine (C=N–C) groups is 1. The Morgan fingerprint density at radius 3 is 2.55 bits per heavy atom. The van der Waals surface area contributed by atoms with Crippen molar-refractivity contribution in [3.05, 3.63) is 29.8 Å². The summed E-state index contributed by atoms with van der Waals surface area (Å²) >= 11 is 0. The smallest absolute Gasteiger partial charge is 0.191 e. The van der Waals surface area contributed by atoms with E-state index in [1.165, 1.54) is 5.56 Å². The van der Waals surface area contributed by atoms with Crippen LogP contribution in [0.25, 0.3) is 0 Å². The summed E-state index contributed by atoms with van der Waals surface area (Å²) in [5.41, 5.74) is 0.426. The van der Waals surface area contributed by atoms with Crippen LogP contribution >= 0.6 is 0 Å². The first kappa shape index (κ1) is 23.4. The molecule has 0 spiro atoms. The highest BCUT2D eigenvalue weighted by molar-refractivity contribution is 5.79. The zero-order chi connectivity index (χ0) is 21.1. The van der Waals surface area contributed by atoms with Gasteiger partial charge in [0.15, 0.2) is 5.96 Å². The molecule has 3 N–H and O–H groups in total. The standard InChI is InChI=1S/C22H38N4O3/c1-5-23-21(25-16-22(4,27)17-26-11-14-28-15-12-26)24-10-13-29-20-8-6-19(7-9-20)18(2)3/h6-9,18,27H,5,10-17H2,1-4H3,(H2,23,24,25). The van der Waals surface area contributed by atoms with E-state index in [0.29, 0.717) is 38.1 Å². The first-order valence-corrected chi connectivity index (χ1v) is 10.7. The number of nitrogens with one attached hydrogen (secondary N) is 2.